The smallest absolute Gasteiger partial charge is 0.115 e. The van der Waals surface area contributed by atoms with Gasteiger partial charge in [0.1, 0.15) is 11.6 Å². The summed E-state index contributed by atoms with van der Waals surface area (Å²) in [5.74, 6) is 1.34. The maximum Gasteiger partial charge on any atom is 0.115 e. The van der Waals surface area contributed by atoms with Gasteiger partial charge in [-0.3, -0.25) is 4.99 Å². The molecule has 0 spiro atoms. The van der Waals surface area contributed by atoms with E-state index < -0.39 is 0 Å². The molecule has 1 aliphatic rings. The Bertz CT molecular complexity index is 316. The van der Waals surface area contributed by atoms with Gasteiger partial charge in [-0.15, -0.1) is 0 Å². The lowest BCUT2D eigenvalue weighted by Gasteiger charge is -2.04. The van der Waals surface area contributed by atoms with Crippen molar-refractivity contribution in [2.75, 3.05) is 11.9 Å². The van der Waals surface area contributed by atoms with Crippen molar-refractivity contribution in [3.05, 3.63) is 24.3 Å². The molecule has 0 atom stereocenters. The average molecular weight is 176 g/mol. The second kappa shape index (κ2) is 3.47. The lowest BCUT2D eigenvalue weighted by Crippen LogP contribution is -2.07. The Morgan fingerprint density at radius 1 is 1.23 bits per heavy atom. The highest BCUT2D eigenvalue weighted by Crippen LogP contribution is 2.15. The molecule has 3 nitrogen and oxygen atoms in total. The Morgan fingerprint density at radius 3 is 2.62 bits per heavy atom. The van der Waals surface area contributed by atoms with Crippen LogP contribution < -0.4 is 5.32 Å². The van der Waals surface area contributed by atoms with Crippen LogP contribution in [0.25, 0.3) is 0 Å². The number of nitrogens with zero attached hydrogens (tertiary/aromatic N) is 1. The number of aliphatic imine (C=N–C) groups is 1. The summed E-state index contributed by atoms with van der Waals surface area (Å²) < 4.78 is 0. The van der Waals surface area contributed by atoms with Gasteiger partial charge in [0.2, 0.25) is 0 Å². The first-order valence-corrected chi connectivity index (χ1v) is 4.44. The van der Waals surface area contributed by atoms with Gasteiger partial charge < -0.3 is 10.4 Å². The topological polar surface area (TPSA) is 44.6 Å². The maximum absolute atomic E-state index is 9.06. The van der Waals surface area contributed by atoms with Crippen LogP contribution in [-0.2, 0) is 0 Å². The van der Waals surface area contributed by atoms with E-state index in [9.17, 15) is 0 Å². The SMILES string of the molecule is Oc1ccc(NC2=NCCC2)cc1. The molecule has 1 aliphatic heterocycles. The van der Waals surface area contributed by atoms with Crippen LogP contribution in [0.5, 0.6) is 5.75 Å². The van der Waals surface area contributed by atoms with Crippen molar-refractivity contribution in [3.8, 4) is 5.75 Å². The zero-order valence-electron chi connectivity index (χ0n) is 7.33. The van der Waals surface area contributed by atoms with Crippen molar-refractivity contribution in [1.29, 1.82) is 0 Å². The maximum atomic E-state index is 9.06. The van der Waals surface area contributed by atoms with E-state index in [2.05, 4.69) is 10.3 Å². The van der Waals surface area contributed by atoms with Crippen LogP contribution in [0.1, 0.15) is 12.8 Å². The summed E-state index contributed by atoms with van der Waals surface area (Å²) in [5.41, 5.74) is 0.985. The van der Waals surface area contributed by atoms with E-state index in [1.54, 1.807) is 12.1 Å². The van der Waals surface area contributed by atoms with Gasteiger partial charge in [-0.25, -0.2) is 0 Å². The summed E-state index contributed by atoms with van der Waals surface area (Å²) in [7, 11) is 0. The van der Waals surface area contributed by atoms with Crippen molar-refractivity contribution in [2.24, 2.45) is 4.99 Å². The Balaban J connectivity index is 2.05. The van der Waals surface area contributed by atoms with E-state index in [0.29, 0.717) is 5.75 Å². The fraction of sp³-hybridized carbons (Fsp3) is 0.300. The summed E-state index contributed by atoms with van der Waals surface area (Å²) in [6.45, 7) is 0.931. The molecule has 0 unspecified atom stereocenters. The average Bonchev–Trinajstić information content (AvgIpc) is 2.62. The number of hydrogen-bond acceptors (Lipinski definition) is 3. The van der Waals surface area contributed by atoms with Crippen LogP contribution in [0.2, 0.25) is 0 Å². The minimum Gasteiger partial charge on any atom is -0.508 e. The van der Waals surface area contributed by atoms with Crippen molar-refractivity contribution in [3.63, 3.8) is 0 Å². The van der Waals surface area contributed by atoms with Gasteiger partial charge in [-0.1, -0.05) is 0 Å². The highest BCUT2D eigenvalue weighted by Gasteiger charge is 2.05. The highest BCUT2D eigenvalue weighted by atomic mass is 16.3. The van der Waals surface area contributed by atoms with E-state index in [4.69, 9.17) is 5.11 Å². The van der Waals surface area contributed by atoms with Gasteiger partial charge in [-0.2, -0.15) is 0 Å². The number of phenols is 1. The molecule has 1 aromatic carbocycles. The molecule has 2 N–H and O–H groups in total. The van der Waals surface area contributed by atoms with E-state index in [1.165, 1.54) is 0 Å². The molecule has 0 aliphatic carbocycles. The quantitative estimate of drug-likeness (QED) is 0.643. The molecule has 0 bridgehead atoms. The third-order valence-corrected chi connectivity index (χ3v) is 2.03. The van der Waals surface area contributed by atoms with Gasteiger partial charge in [0, 0.05) is 18.7 Å². The van der Waals surface area contributed by atoms with Gasteiger partial charge in [-0.05, 0) is 30.7 Å². The number of aromatic hydroxyl groups is 1. The molecule has 0 aromatic heterocycles. The second-order valence-electron chi connectivity index (χ2n) is 3.10. The molecular formula is C10H12N2O. The van der Waals surface area contributed by atoms with E-state index in [1.807, 2.05) is 12.1 Å². The molecule has 68 valence electrons. The molecule has 2 rings (SSSR count). The summed E-state index contributed by atoms with van der Waals surface area (Å²) in [6, 6.07) is 7.02. The molecule has 0 amide bonds. The van der Waals surface area contributed by atoms with Crippen LogP contribution >= 0.6 is 0 Å². The van der Waals surface area contributed by atoms with Crippen LogP contribution in [0.15, 0.2) is 29.3 Å². The standard InChI is InChI=1S/C10H12N2O/c13-9-5-3-8(4-6-9)12-10-2-1-7-11-10/h3-6,13H,1-2,7H2,(H,11,12). The highest BCUT2D eigenvalue weighted by molar-refractivity contribution is 5.96. The van der Waals surface area contributed by atoms with Crippen molar-refractivity contribution in [2.45, 2.75) is 12.8 Å². The monoisotopic (exact) mass is 176 g/mol. The molecule has 0 saturated heterocycles. The predicted molar refractivity (Wildman–Crippen MR) is 53.3 cm³/mol. The number of benzene rings is 1. The van der Waals surface area contributed by atoms with Crippen molar-refractivity contribution in [1.82, 2.24) is 0 Å². The largest absolute Gasteiger partial charge is 0.508 e. The van der Waals surface area contributed by atoms with Crippen LogP contribution in [0.3, 0.4) is 0 Å². The van der Waals surface area contributed by atoms with Crippen LogP contribution in [-0.4, -0.2) is 17.5 Å². The molecule has 13 heavy (non-hydrogen) atoms. The third-order valence-electron chi connectivity index (χ3n) is 2.03. The lowest BCUT2D eigenvalue weighted by molar-refractivity contribution is 0.475. The number of phenolic OH excluding ortho intramolecular Hbond substituents is 1. The number of nitrogens with one attached hydrogen (secondary N) is 1. The molecular weight excluding hydrogens is 164 g/mol. The van der Waals surface area contributed by atoms with Gasteiger partial charge in [0.15, 0.2) is 0 Å². The first-order chi connectivity index (χ1) is 6.34. The molecule has 0 fully saturated rings. The Hall–Kier alpha value is -1.51. The van der Waals surface area contributed by atoms with E-state index >= 15 is 0 Å². The minimum atomic E-state index is 0.291. The summed E-state index contributed by atoms with van der Waals surface area (Å²) in [5, 5.41) is 12.3. The first-order valence-electron chi connectivity index (χ1n) is 4.44. The molecule has 0 radical (unpaired) electrons. The lowest BCUT2D eigenvalue weighted by atomic mass is 10.3. The molecule has 0 saturated carbocycles. The Morgan fingerprint density at radius 2 is 2.00 bits per heavy atom. The van der Waals surface area contributed by atoms with Gasteiger partial charge in [0.05, 0.1) is 0 Å². The van der Waals surface area contributed by atoms with E-state index in [-0.39, 0.29) is 0 Å². The summed E-state index contributed by atoms with van der Waals surface area (Å²) in [4.78, 5) is 4.30. The fourth-order valence-corrected chi connectivity index (χ4v) is 1.35. The number of hydrogen-bond donors (Lipinski definition) is 2. The van der Waals surface area contributed by atoms with Crippen LogP contribution in [0, 0.1) is 0 Å². The minimum absolute atomic E-state index is 0.291. The van der Waals surface area contributed by atoms with Crippen LogP contribution in [0.4, 0.5) is 5.69 Å². The number of amidine groups is 1. The Kier molecular flexibility index (Phi) is 2.17. The zero-order chi connectivity index (χ0) is 9.10. The van der Waals surface area contributed by atoms with Crippen molar-refractivity contribution < 1.29 is 5.11 Å². The predicted octanol–water partition coefficient (Wildman–Crippen LogP) is 2.00. The zero-order valence-corrected chi connectivity index (χ0v) is 7.33. The van der Waals surface area contributed by atoms with Crippen molar-refractivity contribution >= 4 is 11.5 Å². The number of rotatable bonds is 1. The summed E-state index contributed by atoms with van der Waals surface area (Å²) >= 11 is 0. The molecule has 1 heterocycles. The van der Waals surface area contributed by atoms with E-state index in [0.717, 1.165) is 30.9 Å². The van der Waals surface area contributed by atoms with Gasteiger partial charge in [0.25, 0.3) is 0 Å². The fourth-order valence-electron chi connectivity index (χ4n) is 1.35. The number of anilines is 1. The normalized spacial score (nSPS) is 15.5. The molecule has 3 heteroatoms. The third kappa shape index (κ3) is 1.99. The second-order valence-corrected chi connectivity index (χ2v) is 3.10. The first kappa shape index (κ1) is 8.10. The summed E-state index contributed by atoms with van der Waals surface area (Å²) in [6.07, 6.45) is 2.17. The molecule has 1 aromatic rings. The Labute approximate surface area is 77.1 Å². The van der Waals surface area contributed by atoms with Gasteiger partial charge >= 0.3 is 0 Å².